The molecular weight excluding hydrogens is 360 g/mol. The van der Waals surface area contributed by atoms with E-state index in [-0.39, 0.29) is 18.4 Å². The van der Waals surface area contributed by atoms with E-state index in [9.17, 15) is 4.79 Å². The number of hydrogen-bond acceptors (Lipinski definition) is 5. The molecule has 5 nitrogen and oxygen atoms in total. The van der Waals surface area contributed by atoms with E-state index >= 15 is 0 Å². The van der Waals surface area contributed by atoms with Crippen molar-refractivity contribution in [3.8, 4) is 5.75 Å². The van der Waals surface area contributed by atoms with Crippen LogP contribution in [0.25, 0.3) is 0 Å². The summed E-state index contributed by atoms with van der Waals surface area (Å²) in [5.74, 6) is 2.44. The Labute approximate surface area is 163 Å². The minimum Gasteiger partial charge on any atom is -0.486 e. The molecule has 1 N–H and O–H groups in total. The van der Waals surface area contributed by atoms with E-state index in [1.54, 1.807) is 0 Å². The number of carbonyl (C=O) groups is 1. The van der Waals surface area contributed by atoms with Gasteiger partial charge >= 0.3 is 0 Å². The molecule has 0 radical (unpaired) electrons. The van der Waals surface area contributed by atoms with Gasteiger partial charge in [-0.3, -0.25) is 4.79 Å². The number of benzene rings is 1. The third-order valence-corrected chi connectivity index (χ3v) is 5.12. The van der Waals surface area contributed by atoms with E-state index in [1.165, 1.54) is 16.9 Å². The summed E-state index contributed by atoms with van der Waals surface area (Å²) in [6.45, 7) is 8.21. The molecule has 6 heteroatoms. The molecule has 0 spiro atoms. The summed E-state index contributed by atoms with van der Waals surface area (Å²) in [6.07, 6.45) is 0.251. The largest absolute Gasteiger partial charge is 0.486 e. The molecular formula is C21H24N2O3S. The maximum atomic E-state index is 12.3. The van der Waals surface area contributed by atoms with Crippen molar-refractivity contribution in [2.24, 2.45) is 0 Å². The highest BCUT2D eigenvalue weighted by atomic mass is 32.1. The standard InChI is InChI=1S/C21H24N2O3S/c1-13-5-7-18(8-6-13)25-11-21-23-17(12-27-21)10-20(24)22-15(3)19-9-14(2)26-16(19)4/h5-9,12,15H,10-11H2,1-4H3,(H,22,24). The van der Waals surface area contributed by atoms with E-state index in [0.29, 0.717) is 6.61 Å². The van der Waals surface area contributed by atoms with Crippen LogP contribution in [0.5, 0.6) is 5.75 Å². The summed E-state index contributed by atoms with van der Waals surface area (Å²) < 4.78 is 11.3. The van der Waals surface area contributed by atoms with Gasteiger partial charge < -0.3 is 14.5 Å². The highest BCUT2D eigenvalue weighted by molar-refractivity contribution is 7.09. The van der Waals surface area contributed by atoms with Crippen LogP contribution in [0.4, 0.5) is 0 Å². The number of amides is 1. The van der Waals surface area contributed by atoms with Crippen molar-refractivity contribution in [1.82, 2.24) is 10.3 Å². The topological polar surface area (TPSA) is 64.4 Å². The Morgan fingerprint density at radius 3 is 2.67 bits per heavy atom. The Hall–Kier alpha value is -2.60. The molecule has 0 saturated heterocycles. The quantitative estimate of drug-likeness (QED) is 0.643. The fourth-order valence-electron chi connectivity index (χ4n) is 2.89. The lowest BCUT2D eigenvalue weighted by Gasteiger charge is -2.12. The van der Waals surface area contributed by atoms with Gasteiger partial charge in [0.05, 0.1) is 18.2 Å². The normalized spacial score (nSPS) is 12.0. The molecule has 0 aliphatic carbocycles. The average Bonchev–Trinajstić information content (AvgIpc) is 3.20. The van der Waals surface area contributed by atoms with Crippen LogP contribution in [-0.4, -0.2) is 10.9 Å². The molecule has 142 valence electrons. The number of nitrogens with one attached hydrogen (secondary N) is 1. The lowest BCUT2D eigenvalue weighted by molar-refractivity contribution is -0.121. The zero-order chi connectivity index (χ0) is 19.4. The fourth-order valence-corrected chi connectivity index (χ4v) is 3.60. The SMILES string of the molecule is Cc1ccc(OCc2nc(CC(=O)NC(C)c3cc(C)oc3C)cs2)cc1. The maximum absolute atomic E-state index is 12.3. The second-order valence-corrected chi connectivity index (χ2v) is 7.61. The van der Waals surface area contributed by atoms with E-state index in [0.717, 1.165) is 33.5 Å². The predicted molar refractivity (Wildman–Crippen MR) is 106 cm³/mol. The summed E-state index contributed by atoms with van der Waals surface area (Å²) >= 11 is 1.50. The van der Waals surface area contributed by atoms with Crippen molar-refractivity contribution in [2.45, 2.75) is 46.8 Å². The Kier molecular flexibility index (Phi) is 5.96. The van der Waals surface area contributed by atoms with Gasteiger partial charge in [-0.2, -0.15) is 0 Å². The first-order valence-electron chi connectivity index (χ1n) is 8.89. The molecule has 0 aliphatic rings. The summed E-state index contributed by atoms with van der Waals surface area (Å²) in [5, 5.41) is 5.77. The first-order valence-corrected chi connectivity index (χ1v) is 9.77. The number of ether oxygens (including phenoxy) is 1. The Morgan fingerprint density at radius 2 is 2.00 bits per heavy atom. The maximum Gasteiger partial charge on any atom is 0.226 e. The van der Waals surface area contributed by atoms with Gasteiger partial charge in [0.15, 0.2) is 0 Å². The van der Waals surface area contributed by atoms with Crippen molar-refractivity contribution in [1.29, 1.82) is 0 Å². The lowest BCUT2D eigenvalue weighted by Crippen LogP contribution is -2.28. The number of thiazole rings is 1. The molecule has 0 saturated carbocycles. The molecule has 0 aliphatic heterocycles. The van der Waals surface area contributed by atoms with Crippen LogP contribution in [0, 0.1) is 20.8 Å². The van der Waals surface area contributed by atoms with Crippen LogP contribution < -0.4 is 10.1 Å². The molecule has 3 aromatic rings. The Morgan fingerprint density at radius 1 is 1.26 bits per heavy atom. The van der Waals surface area contributed by atoms with Crippen molar-refractivity contribution in [2.75, 3.05) is 0 Å². The van der Waals surface area contributed by atoms with Gasteiger partial charge in [0.25, 0.3) is 0 Å². The van der Waals surface area contributed by atoms with E-state index in [2.05, 4.69) is 10.3 Å². The van der Waals surface area contributed by atoms with Crippen molar-refractivity contribution in [3.05, 3.63) is 69.1 Å². The molecule has 1 unspecified atom stereocenters. The van der Waals surface area contributed by atoms with Crippen LogP contribution in [-0.2, 0) is 17.8 Å². The van der Waals surface area contributed by atoms with Gasteiger partial charge in [0.2, 0.25) is 5.91 Å². The van der Waals surface area contributed by atoms with Gasteiger partial charge in [-0.05, 0) is 45.9 Å². The highest BCUT2D eigenvalue weighted by Crippen LogP contribution is 2.21. The smallest absolute Gasteiger partial charge is 0.226 e. The van der Waals surface area contributed by atoms with Crippen LogP contribution in [0.15, 0.2) is 40.1 Å². The minimum absolute atomic E-state index is 0.0583. The van der Waals surface area contributed by atoms with Crippen molar-refractivity contribution < 1.29 is 13.9 Å². The van der Waals surface area contributed by atoms with Crippen LogP contribution in [0.2, 0.25) is 0 Å². The zero-order valence-corrected chi connectivity index (χ0v) is 16.9. The molecule has 0 fully saturated rings. The number of rotatable bonds is 7. The molecule has 1 amide bonds. The molecule has 2 aromatic heterocycles. The number of aryl methyl sites for hydroxylation is 3. The summed E-state index contributed by atoms with van der Waals surface area (Å²) in [6, 6.07) is 9.77. The summed E-state index contributed by atoms with van der Waals surface area (Å²) in [4.78, 5) is 16.8. The third kappa shape index (κ3) is 5.20. The molecule has 1 atom stereocenters. The van der Waals surface area contributed by atoms with E-state index < -0.39 is 0 Å². The first-order chi connectivity index (χ1) is 12.9. The van der Waals surface area contributed by atoms with Gasteiger partial charge in [0, 0.05) is 10.9 Å². The molecule has 27 heavy (non-hydrogen) atoms. The highest BCUT2D eigenvalue weighted by Gasteiger charge is 2.16. The van der Waals surface area contributed by atoms with Gasteiger partial charge in [0.1, 0.15) is 28.9 Å². The Balaban J connectivity index is 1.51. The fraction of sp³-hybridized carbons (Fsp3) is 0.333. The third-order valence-electron chi connectivity index (χ3n) is 4.25. The van der Waals surface area contributed by atoms with E-state index in [4.69, 9.17) is 9.15 Å². The van der Waals surface area contributed by atoms with Crippen molar-refractivity contribution >= 4 is 17.2 Å². The zero-order valence-electron chi connectivity index (χ0n) is 16.0. The Bertz CT molecular complexity index is 912. The average molecular weight is 385 g/mol. The van der Waals surface area contributed by atoms with E-state index in [1.807, 2.05) is 63.4 Å². The van der Waals surface area contributed by atoms with Gasteiger partial charge in [-0.25, -0.2) is 4.98 Å². The second-order valence-electron chi connectivity index (χ2n) is 6.67. The molecule has 2 heterocycles. The van der Waals surface area contributed by atoms with Gasteiger partial charge in [-0.1, -0.05) is 17.7 Å². The molecule has 0 bridgehead atoms. The van der Waals surface area contributed by atoms with Crippen LogP contribution in [0.3, 0.4) is 0 Å². The number of aromatic nitrogens is 1. The first kappa shape index (κ1) is 19.2. The van der Waals surface area contributed by atoms with Gasteiger partial charge in [-0.15, -0.1) is 11.3 Å². The summed E-state index contributed by atoms with van der Waals surface area (Å²) in [5.41, 5.74) is 2.96. The van der Waals surface area contributed by atoms with Crippen molar-refractivity contribution in [3.63, 3.8) is 0 Å². The second kappa shape index (κ2) is 8.39. The minimum atomic E-state index is -0.0991. The van der Waals surface area contributed by atoms with Crippen LogP contribution in [0.1, 0.15) is 46.3 Å². The monoisotopic (exact) mass is 384 g/mol. The number of nitrogens with zero attached hydrogens (tertiary/aromatic N) is 1. The molecule has 1 aromatic carbocycles. The number of hydrogen-bond donors (Lipinski definition) is 1. The number of furan rings is 1. The lowest BCUT2D eigenvalue weighted by atomic mass is 10.1. The molecule has 3 rings (SSSR count). The number of carbonyl (C=O) groups excluding carboxylic acids is 1. The van der Waals surface area contributed by atoms with Crippen LogP contribution >= 0.6 is 11.3 Å². The summed E-state index contributed by atoms with van der Waals surface area (Å²) in [7, 11) is 0. The predicted octanol–water partition coefficient (Wildman–Crippen LogP) is 4.66.